The van der Waals surface area contributed by atoms with Crippen LogP contribution in [0.4, 0.5) is 13.2 Å². The van der Waals surface area contributed by atoms with E-state index < -0.39 is 12.2 Å². The van der Waals surface area contributed by atoms with Gasteiger partial charge in [0.25, 0.3) is 0 Å². The van der Waals surface area contributed by atoms with E-state index in [2.05, 4.69) is 14.9 Å². The van der Waals surface area contributed by atoms with Crippen molar-refractivity contribution >= 4 is 41.4 Å². The second kappa shape index (κ2) is 16.5. The first kappa shape index (κ1) is 37.4. The third kappa shape index (κ3) is 9.36. The van der Waals surface area contributed by atoms with Gasteiger partial charge in [-0.1, -0.05) is 12.1 Å². The van der Waals surface area contributed by atoms with E-state index in [1.807, 2.05) is 31.2 Å². The third-order valence-electron chi connectivity index (χ3n) is 6.71. The van der Waals surface area contributed by atoms with Gasteiger partial charge in [0.2, 0.25) is 0 Å². The Balaban J connectivity index is 0.000000770. The number of halogens is 5. The van der Waals surface area contributed by atoms with Crippen LogP contribution in [0.5, 0.6) is 5.75 Å². The van der Waals surface area contributed by atoms with Crippen molar-refractivity contribution in [1.29, 1.82) is 0 Å². The van der Waals surface area contributed by atoms with Crippen LogP contribution in [0.15, 0.2) is 48.7 Å². The Hall–Kier alpha value is -2.78. The maximum Gasteiger partial charge on any atom is 0.408 e. The van der Waals surface area contributed by atoms with E-state index in [1.54, 1.807) is 37.7 Å². The second-order valence-electron chi connectivity index (χ2n) is 10.4. The molecule has 4 heterocycles. The number of benzene rings is 1. The molecule has 4 atom stereocenters. The molecule has 244 valence electrons. The summed E-state index contributed by atoms with van der Waals surface area (Å²) in [4.78, 5) is 6.09. The van der Waals surface area contributed by atoms with Crippen LogP contribution in [0.25, 0.3) is 28.1 Å². The maximum absolute atomic E-state index is 14.1. The molecular formula is C29H39Cl2F3N6O4. The molecule has 1 aliphatic rings. The Morgan fingerprint density at radius 3 is 2.32 bits per heavy atom. The zero-order valence-corrected chi connectivity index (χ0v) is 26.5. The summed E-state index contributed by atoms with van der Waals surface area (Å²) in [7, 11) is 3.17. The van der Waals surface area contributed by atoms with Crippen LogP contribution in [0.2, 0.25) is 0 Å². The van der Waals surface area contributed by atoms with Gasteiger partial charge < -0.3 is 25.1 Å². The average Bonchev–Trinajstić information content (AvgIpc) is 3.54. The third-order valence-corrected chi connectivity index (χ3v) is 6.71. The Bertz CT molecular complexity index is 1480. The van der Waals surface area contributed by atoms with E-state index in [-0.39, 0.29) is 61.7 Å². The molecule has 3 aromatic heterocycles. The summed E-state index contributed by atoms with van der Waals surface area (Å²) in [5, 5.41) is 17.7. The summed E-state index contributed by atoms with van der Waals surface area (Å²) in [5.74, 6) is 0.994. The quantitative estimate of drug-likeness (QED) is 0.259. The summed E-state index contributed by atoms with van der Waals surface area (Å²) in [5.41, 5.74) is 7.59. The molecule has 0 aliphatic carbocycles. The molecule has 0 radical (unpaired) electrons. The number of aliphatic hydroxyl groups is 1. The summed E-state index contributed by atoms with van der Waals surface area (Å²) >= 11 is 0. The minimum absolute atomic E-state index is 0. The molecule has 0 spiro atoms. The fourth-order valence-corrected chi connectivity index (χ4v) is 4.94. The molecular weight excluding hydrogens is 624 g/mol. The summed E-state index contributed by atoms with van der Waals surface area (Å²) in [6.45, 7) is 4.95. The molecule has 0 bridgehead atoms. The number of hydrogen-bond donors (Lipinski definition) is 2. The van der Waals surface area contributed by atoms with Gasteiger partial charge in [-0.05, 0) is 50.1 Å². The topological polar surface area (TPSA) is 120 Å². The first-order valence-corrected chi connectivity index (χ1v) is 13.6. The first-order chi connectivity index (χ1) is 20.0. The molecule has 0 amide bonds. The van der Waals surface area contributed by atoms with Crippen molar-refractivity contribution in [2.75, 3.05) is 40.5 Å². The van der Waals surface area contributed by atoms with Crippen LogP contribution in [0, 0.1) is 0 Å². The lowest BCUT2D eigenvalue weighted by molar-refractivity contribution is -0.183. The van der Waals surface area contributed by atoms with E-state index in [4.69, 9.17) is 25.3 Å². The number of likely N-dealkylation sites (tertiary alicyclic amines) is 1. The average molecular weight is 664 g/mol. The highest BCUT2D eigenvalue weighted by atomic mass is 35.5. The largest absolute Gasteiger partial charge is 0.488 e. The van der Waals surface area contributed by atoms with Crippen LogP contribution < -0.4 is 10.5 Å². The molecule has 15 heteroatoms. The molecule has 0 unspecified atom stereocenters. The van der Waals surface area contributed by atoms with Gasteiger partial charge in [0.05, 0.1) is 24.8 Å². The number of rotatable bonds is 9. The van der Waals surface area contributed by atoms with Crippen molar-refractivity contribution in [3.8, 4) is 17.3 Å². The predicted molar refractivity (Wildman–Crippen MR) is 167 cm³/mol. The van der Waals surface area contributed by atoms with Crippen molar-refractivity contribution in [2.45, 2.75) is 50.7 Å². The highest BCUT2D eigenvalue weighted by Crippen LogP contribution is 2.39. The molecule has 3 N–H and O–H groups in total. The van der Waals surface area contributed by atoms with Gasteiger partial charge in [0.1, 0.15) is 23.6 Å². The Kier molecular flexibility index (Phi) is 14.0. The summed E-state index contributed by atoms with van der Waals surface area (Å²) < 4.78 is 59.5. The number of methoxy groups -OCH3 is 2. The predicted octanol–water partition coefficient (Wildman–Crippen LogP) is 4.85. The molecule has 1 aromatic carbocycles. The minimum Gasteiger partial charge on any atom is -0.488 e. The molecule has 0 saturated carbocycles. The van der Waals surface area contributed by atoms with Gasteiger partial charge in [-0.3, -0.25) is 9.30 Å². The normalized spacial score (nSPS) is 17.2. The number of hydrogen-bond acceptors (Lipinski definition) is 9. The van der Waals surface area contributed by atoms with Crippen molar-refractivity contribution in [3.05, 3.63) is 54.2 Å². The van der Waals surface area contributed by atoms with Gasteiger partial charge in [0.15, 0.2) is 11.5 Å². The first-order valence-electron chi connectivity index (χ1n) is 13.6. The van der Waals surface area contributed by atoms with Crippen molar-refractivity contribution < 1.29 is 32.5 Å². The summed E-state index contributed by atoms with van der Waals surface area (Å²) in [6.07, 6.45) is -2.94. The molecule has 44 heavy (non-hydrogen) atoms. The Labute approximate surface area is 266 Å². The molecule has 5 rings (SSSR count). The molecule has 4 aromatic rings. The van der Waals surface area contributed by atoms with E-state index in [0.717, 1.165) is 5.39 Å². The van der Waals surface area contributed by atoms with Gasteiger partial charge in [-0.25, -0.2) is 4.98 Å². The van der Waals surface area contributed by atoms with Crippen molar-refractivity contribution in [1.82, 2.24) is 24.5 Å². The highest BCUT2D eigenvalue weighted by molar-refractivity contribution is 5.85. The molecule has 1 saturated heterocycles. The lowest BCUT2D eigenvalue weighted by Crippen LogP contribution is -2.38. The Morgan fingerprint density at radius 2 is 1.73 bits per heavy atom. The van der Waals surface area contributed by atoms with Crippen LogP contribution >= 0.6 is 24.8 Å². The highest BCUT2D eigenvalue weighted by Gasteiger charge is 2.46. The van der Waals surface area contributed by atoms with Crippen LogP contribution in [-0.2, 0) is 9.47 Å². The van der Waals surface area contributed by atoms with Gasteiger partial charge in [-0.15, -0.1) is 35.0 Å². The lowest BCUT2D eigenvalue weighted by atomic mass is 10.1. The zero-order valence-electron chi connectivity index (χ0n) is 24.9. The number of nitrogens with zero attached hydrogens (tertiary/aromatic N) is 5. The van der Waals surface area contributed by atoms with E-state index >= 15 is 0 Å². The van der Waals surface area contributed by atoms with Crippen LogP contribution in [0.3, 0.4) is 0 Å². The number of fused-ring (bicyclic) bond motifs is 2. The van der Waals surface area contributed by atoms with Gasteiger partial charge in [-0.2, -0.15) is 13.2 Å². The van der Waals surface area contributed by atoms with E-state index in [0.29, 0.717) is 48.1 Å². The zero-order chi connectivity index (χ0) is 30.4. The number of ether oxygens (including phenoxy) is 3. The fourth-order valence-electron chi connectivity index (χ4n) is 4.94. The monoisotopic (exact) mass is 662 g/mol. The number of aromatic nitrogens is 4. The molecule has 1 fully saturated rings. The van der Waals surface area contributed by atoms with Gasteiger partial charge in [0, 0.05) is 51.0 Å². The SMILES string of the molecule is COC[C@@H](C)O.COC[C@H](C)Oc1ccc2ccc(-c3nnc4ccc([C@@H](N5CC[C@H](N)C5)C(F)(F)F)cn34)nc2c1.Cl.Cl. The maximum atomic E-state index is 14.1. The van der Waals surface area contributed by atoms with Crippen molar-refractivity contribution in [3.63, 3.8) is 0 Å². The smallest absolute Gasteiger partial charge is 0.408 e. The van der Waals surface area contributed by atoms with Crippen LogP contribution in [-0.4, -0.2) is 94.5 Å². The molecule has 10 nitrogen and oxygen atoms in total. The van der Waals surface area contributed by atoms with Gasteiger partial charge >= 0.3 is 6.18 Å². The standard InChI is InChI=1S/C25H27F3N6O2.C4H10O2.2ClH/c1-15(14-35-2)36-19-6-3-16-4-7-20(30-21(16)11-19)24-32-31-22-8-5-17(12-34(22)24)23(25(26,27)28)33-10-9-18(29)13-33;1-4(5)3-6-2;;/h3-8,11-12,15,18,23H,9-10,13-14,29H2,1-2H3;4-5H,3H2,1-2H3;2*1H/t15-,18-,23+;4-;;/m01../s1. The summed E-state index contributed by atoms with van der Waals surface area (Å²) in [6, 6.07) is 10.2. The second-order valence-corrected chi connectivity index (χ2v) is 10.4. The number of aliphatic hydroxyl groups excluding tert-OH is 1. The molecule has 1 aliphatic heterocycles. The van der Waals surface area contributed by atoms with E-state index in [9.17, 15) is 13.2 Å². The van der Waals surface area contributed by atoms with E-state index in [1.165, 1.54) is 17.2 Å². The number of pyridine rings is 2. The van der Waals surface area contributed by atoms with Crippen molar-refractivity contribution in [2.24, 2.45) is 5.73 Å². The lowest BCUT2D eigenvalue weighted by Gasteiger charge is -2.30. The van der Waals surface area contributed by atoms with Crippen LogP contribution in [0.1, 0.15) is 31.9 Å². The Morgan fingerprint density at radius 1 is 1.02 bits per heavy atom. The number of alkyl halides is 3. The fraction of sp³-hybridized carbons (Fsp3) is 0.483. The minimum atomic E-state index is -4.45. The number of nitrogens with two attached hydrogens (primary N) is 1.